The summed E-state index contributed by atoms with van der Waals surface area (Å²) >= 11 is 3.09. The fourth-order valence-electron chi connectivity index (χ4n) is 2.09. The van der Waals surface area contributed by atoms with Crippen LogP contribution in [-0.2, 0) is 6.54 Å². The van der Waals surface area contributed by atoms with Crippen LogP contribution in [0.5, 0.6) is 11.5 Å². The molecule has 0 N–H and O–H groups in total. The Balaban J connectivity index is 2.45. The summed E-state index contributed by atoms with van der Waals surface area (Å²) in [6.07, 6.45) is -3.56. The number of hydrogen-bond donors (Lipinski definition) is 0. The summed E-state index contributed by atoms with van der Waals surface area (Å²) in [6.45, 7) is 1.81. The zero-order chi connectivity index (χ0) is 17.4. The van der Waals surface area contributed by atoms with Crippen LogP contribution in [0.1, 0.15) is 11.1 Å². The fraction of sp³-hybridized carbons (Fsp3) is 0.267. The molecule has 1 heterocycles. The lowest BCUT2D eigenvalue weighted by Crippen LogP contribution is -2.27. The minimum absolute atomic E-state index is 0.0339. The first-order chi connectivity index (χ1) is 10.6. The van der Waals surface area contributed by atoms with Gasteiger partial charge in [0.05, 0.1) is 10.7 Å². The molecular formula is C15H12BrF4NO2. The first-order valence-corrected chi connectivity index (χ1v) is 7.27. The van der Waals surface area contributed by atoms with E-state index in [4.69, 9.17) is 4.74 Å². The molecule has 0 bridgehead atoms. The van der Waals surface area contributed by atoms with Crippen molar-refractivity contribution in [2.45, 2.75) is 26.6 Å². The second kappa shape index (κ2) is 6.35. The van der Waals surface area contributed by atoms with Gasteiger partial charge in [0.25, 0.3) is 5.56 Å². The van der Waals surface area contributed by atoms with Gasteiger partial charge in [0.2, 0.25) is 0 Å². The van der Waals surface area contributed by atoms with Gasteiger partial charge in [-0.1, -0.05) is 0 Å². The minimum Gasteiger partial charge on any atom is -0.454 e. The van der Waals surface area contributed by atoms with Crippen LogP contribution < -0.4 is 10.3 Å². The molecule has 3 nitrogen and oxygen atoms in total. The van der Waals surface area contributed by atoms with Crippen molar-refractivity contribution in [2.24, 2.45) is 0 Å². The predicted octanol–water partition coefficient (Wildman–Crippen LogP) is 4.72. The zero-order valence-corrected chi connectivity index (χ0v) is 13.8. The molecular weight excluding hydrogens is 382 g/mol. The molecule has 0 unspecified atom stereocenters. The third-order valence-corrected chi connectivity index (χ3v) is 3.65. The number of aryl methyl sites for hydroxylation is 2. The Kier molecular flexibility index (Phi) is 4.84. The van der Waals surface area contributed by atoms with Gasteiger partial charge < -0.3 is 9.30 Å². The second-order valence-corrected chi connectivity index (χ2v) is 5.89. The van der Waals surface area contributed by atoms with E-state index in [1.807, 2.05) is 0 Å². The van der Waals surface area contributed by atoms with Crippen molar-refractivity contribution in [3.63, 3.8) is 0 Å². The summed E-state index contributed by atoms with van der Waals surface area (Å²) in [7, 11) is 0. The van der Waals surface area contributed by atoms with Crippen molar-refractivity contribution < 1.29 is 22.3 Å². The molecule has 0 fully saturated rings. The van der Waals surface area contributed by atoms with E-state index < -0.39 is 24.1 Å². The largest absolute Gasteiger partial charge is 0.454 e. The molecule has 0 aliphatic carbocycles. The maximum absolute atomic E-state index is 13.3. The third-order valence-electron chi connectivity index (χ3n) is 3.03. The van der Waals surface area contributed by atoms with Gasteiger partial charge in [0.1, 0.15) is 18.1 Å². The molecule has 2 rings (SSSR count). The van der Waals surface area contributed by atoms with Crippen LogP contribution in [0.2, 0.25) is 0 Å². The van der Waals surface area contributed by atoms with Gasteiger partial charge in [-0.3, -0.25) is 4.79 Å². The molecule has 0 spiro atoms. The van der Waals surface area contributed by atoms with Gasteiger partial charge in [-0.25, -0.2) is 4.39 Å². The molecule has 0 atom stereocenters. The summed E-state index contributed by atoms with van der Waals surface area (Å²) < 4.78 is 57.1. The zero-order valence-electron chi connectivity index (χ0n) is 12.2. The lowest BCUT2D eigenvalue weighted by atomic mass is 10.1. The van der Waals surface area contributed by atoms with Crippen molar-refractivity contribution in [1.82, 2.24) is 4.57 Å². The third kappa shape index (κ3) is 4.34. The lowest BCUT2D eigenvalue weighted by Gasteiger charge is -2.15. The Labute approximate surface area is 137 Å². The minimum atomic E-state index is -4.53. The highest BCUT2D eigenvalue weighted by molar-refractivity contribution is 9.10. The first kappa shape index (κ1) is 17.5. The van der Waals surface area contributed by atoms with Gasteiger partial charge in [-0.15, -0.1) is 0 Å². The number of benzene rings is 1. The smallest absolute Gasteiger partial charge is 0.406 e. The Bertz CT molecular complexity index is 776. The molecule has 124 valence electrons. The highest BCUT2D eigenvalue weighted by Gasteiger charge is 2.28. The van der Waals surface area contributed by atoms with Crippen LogP contribution in [0.15, 0.2) is 33.7 Å². The monoisotopic (exact) mass is 393 g/mol. The summed E-state index contributed by atoms with van der Waals surface area (Å²) in [5.74, 6) is -0.0792. The van der Waals surface area contributed by atoms with Crippen molar-refractivity contribution in [2.75, 3.05) is 0 Å². The van der Waals surface area contributed by atoms with E-state index >= 15 is 0 Å². The quantitative estimate of drug-likeness (QED) is 0.706. The summed E-state index contributed by atoms with van der Waals surface area (Å²) in [5.41, 5.74) is 0.167. The lowest BCUT2D eigenvalue weighted by molar-refractivity contribution is -0.141. The maximum atomic E-state index is 13.3. The van der Waals surface area contributed by atoms with E-state index in [9.17, 15) is 22.4 Å². The molecule has 0 saturated heterocycles. The Morgan fingerprint density at radius 3 is 2.26 bits per heavy atom. The van der Waals surface area contributed by atoms with Gasteiger partial charge in [0.15, 0.2) is 5.75 Å². The number of nitrogens with zero attached hydrogens (tertiary/aromatic N) is 1. The average Bonchev–Trinajstić information content (AvgIpc) is 2.37. The van der Waals surface area contributed by atoms with E-state index in [1.54, 1.807) is 13.8 Å². The molecule has 0 saturated carbocycles. The number of hydrogen-bond acceptors (Lipinski definition) is 2. The second-order valence-electron chi connectivity index (χ2n) is 5.04. The number of aromatic nitrogens is 1. The number of alkyl halides is 3. The van der Waals surface area contributed by atoms with E-state index in [0.29, 0.717) is 21.4 Å². The van der Waals surface area contributed by atoms with Crippen LogP contribution in [0.4, 0.5) is 17.6 Å². The fourth-order valence-corrected chi connectivity index (χ4v) is 2.47. The van der Waals surface area contributed by atoms with Gasteiger partial charge in [-0.2, -0.15) is 13.2 Å². The first-order valence-electron chi connectivity index (χ1n) is 6.48. The van der Waals surface area contributed by atoms with Crippen LogP contribution in [0, 0.1) is 19.7 Å². The molecule has 0 aliphatic rings. The van der Waals surface area contributed by atoms with Crippen molar-refractivity contribution >= 4 is 15.9 Å². The van der Waals surface area contributed by atoms with Crippen LogP contribution in [-0.4, -0.2) is 10.7 Å². The molecule has 1 aromatic heterocycles. The summed E-state index contributed by atoms with van der Waals surface area (Å²) in [4.78, 5) is 11.6. The highest BCUT2D eigenvalue weighted by atomic mass is 79.9. The van der Waals surface area contributed by atoms with E-state index in [1.165, 1.54) is 12.1 Å². The molecule has 0 aliphatic heterocycles. The molecule has 1 aromatic carbocycles. The van der Waals surface area contributed by atoms with Crippen LogP contribution >= 0.6 is 15.9 Å². The number of pyridine rings is 1. The maximum Gasteiger partial charge on any atom is 0.406 e. The summed E-state index contributed by atoms with van der Waals surface area (Å²) in [6, 6.07) is 3.50. The molecule has 8 heteroatoms. The average molecular weight is 394 g/mol. The molecule has 0 radical (unpaired) electrons. The Morgan fingerprint density at radius 2 is 1.74 bits per heavy atom. The topological polar surface area (TPSA) is 31.2 Å². The molecule has 2 aromatic rings. The van der Waals surface area contributed by atoms with E-state index in [-0.39, 0.29) is 10.2 Å². The number of rotatable bonds is 3. The molecule has 23 heavy (non-hydrogen) atoms. The SMILES string of the molecule is Cc1cc(F)cc(C)c1Oc1cn(CC(F)(F)F)c(=O)cc1Br. The van der Waals surface area contributed by atoms with Gasteiger partial charge in [-0.05, 0) is 53.0 Å². The normalized spacial score (nSPS) is 11.6. The number of ether oxygens (including phenoxy) is 1. The van der Waals surface area contributed by atoms with Crippen molar-refractivity contribution in [1.29, 1.82) is 0 Å². The van der Waals surface area contributed by atoms with Gasteiger partial charge in [0, 0.05) is 6.07 Å². The van der Waals surface area contributed by atoms with Crippen LogP contribution in [0.3, 0.4) is 0 Å². The van der Waals surface area contributed by atoms with Crippen LogP contribution in [0.25, 0.3) is 0 Å². The highest BCUT2D eigenvalue weighted by Crippen LogP contribution is 2.33. The molecule has 0 amide bonds. The number of halogens is 5. The van der Waals surface area contributed by atoms with E-state index in [2.05, 4.69) is 15.9 Å². The Morgan fingerprint density at radius 1 is 1.17 bits per heavy atom. The summed E-state index contributed by atoms with van der Waals surface area (Å²) in [5, 5.41) is 0. The van der Waals surface area contributed by atoms with Crippen molar-refractivity contribution in [3.05, 3.63) is 56.2 Å². The van der Waals surface area contributed by atoms with Gasteiger partial charge >= 0.3 is 6.18 Å². The standard InChI is InChI=1S/C15H12BrF4NO2/c1-8-3-10(17)4-9(2)14(8)23-12-6-21(7-15(18,19)20)13(22)5-11(12)16/h3-6H,7H2,1-2H3. The predicted molar refractivity (Wildman–Crippen MR) is 80.4 cm³/mol. The Hall–Kier alpha value is -1.83. The van der Waals surface area contributed by atoms with E-state index in [0.717, 1.165) is 12.3 Å². The van der Waals surface area contributed by atoms with Crippen molar-refractivity contribution in [3.8, 4) is 11.5 Å².